The molecule has 114 valence electrons. The molecule has 0 spiro atoms. The van der Waals surface area contributed by atoms with Crippen molar-refractivity contribution in [1.29, 1.82) is 0 Å². The maximum atomic E-state index is 11.9. The van der Waals surface area contributed by atoms with Crippen molar-refractivity contribution < 1.29 is 4.79 Å². The molecule has 5 nitrogen and oxygen atoms in total. The van der Waals surface area contributed by atoms with Gasteiger partial charge in [0.05, 0.1) is 15.8 Å². The van der Waals surface area contributed by atoms with E-state index in [2.05, 4.69) is 29.4 Å². The third kappa shape index (κ3) is 4.02. The lowest BCUT2D eigenvalue weighted by molar-refractivity contribution is -0.119. The van der Waals surface area contributed by atoms with E-state index in [-0.39, 0.29) is 17.7 Å². The SMILES string of the molecule is CC(C)C(C)NC(=O)CSc1nnc2c(Cl)cc(Cl)cn12. The van der Waals surface area contributed by atoms with Gasteiger partial charge in [-0.05, 0) is 18.9 Å². The van der Waals surface area contributed by atoms with Crippen molar-refractivity contribution >= 4 is 46.5 Å². The number of hydrogen-bond donors (Lipinski definition) is 1. The normalized spacial score (nSPS) is 12.9. The first kappa shape index (κ1) is 16.4. The molecule has 1 N–H and O–H groups in total. The largest absolute Gasteiger partial charge is 0.353 e. The number of thioether (sulfide) groups is 1. The van der Waals surface area contributed by atoms with Crippen molar-refractivity contribution in [3.63, 3.8) is 0 Å². The Labute approximate surface area is 137 Å². The Morgan fingerprint density at radius 3 is 2.76 bits per heavy atom. The zero-order valence-corrected chi connectivity index (χ0v) is 14.3. The molecule has 0 aliphatic rings. The van der Waals surface area contributed by atoms with Crippen LogP contribution in [0.4, 0.5) is 0 Å². The topological polar surface area (TPSA) is 59.3 Å². The smallest absolute Gasteiger partial charge is 0.230 e. The summed E-state index contributed by atoms with van der Waals surface area (Å²) in [5.41, 5.74) is 0.527. The summed E-state index contributed by atoms with van der Waals surface area (Å²) in [5.74, 6) is 0.624. The summed E-state index contributed by atoms with van der Waals surface area (Å²) in [7, 11) is 0. The monoisotopic (exact) mass is 346 g/mol. The van der Waals surface area contributed by atoms with Gasteiger partial charge in [-0.2, -0.15) is 0 Å². The quantitative estimate of drug-likeness (QED) is 0.844. The molecule has 1 atom stereocenters. The second kappa shape index (κ2) is 6.85. The lowest BCUT2D eigenvalue weighted by atomic mass is 10.1. The van der Waals surface area contributed by atoms with Gasteiger partial charge in [-0.25, -0.2) is 0 Å². The molecule has 2 aromatic heterocycles. The van der Waals surface area contributed by atoms with Crippen molar-refractivity contribution in [1.82, 2.24) is 19.9 Å². The molecule has 1 unspecified atom stereocenters. The number of amides is 1. The number of rotatable bonds is 5. The Morgan fingerprint density at radius 1 is 1.38 bits per heavy atom. The van der Waals surface area contributed by atoms with Crippen LogP contribution in [-0.4, -0.2) is 32.3 Å². The number of pyridine rings is 1. The molecule has 0 fully saturated rings. The van der Waals surface area contributed by atoms with E-state index in [1.807, 2.05) is 6.92 Å². The van der Waals surface area contributed by atoms with Crippen molar-refractivity contribution in [2.45, 2.75) is 32.0 Å². The minimum absolute atomic E-state index is 0.0360. The Bertz CT molecular complexity index is 659. The molecule has 0 aliphatic carbocycles. The first-order chi connectivity index (χ1) is 9.88. The predicted octanol–water partition coefficient (Wildman–Crippen LogP) is 3.29. The predicted molar refractivity (Wildman–Crippen MR) is 86.2 cm³/mol. The first-order valence-electron chi connectivity index (χ1n) is 6.50. The highest BCUT2D eigenvalue weighted by Gasteiger charge is 2.14. The van der Waals surface area contributed by atoms with Gasteiger partial charge < -0.3 is 5.32 Å². The van der Waals surface area contributed by atoms with Crippen LogP contribution in [0.25, 0.3) is 5.65 Å². The Morgan fingerprint density at radius 2 is 2.10 bits per heavy atom. The van der Waals surface area contributed by atoms with Gasteiger partial charge in [0.1, 0.15) is 0 Å². The molecule has 2 heterocycles. The van der Waals surface area contributed by atoms with Crippen molar-refractivity contribution in [2.75, 3.05) is 5.75 Å². The summed E-state index contributed by atoms with van der Waals surface area (Å²) in [6.07, 6.45) is 1.68. The first-order valence-corrected chi connectivity index (χ1v) is 8.24. The van der Waals surface area contributed by atoms with E-state index in [4.69, 9.17) is 23.2 Å². The number of fused-ring (bicyclic) bond motifs is 1. The zero-order chi connectivity index (χ0) is 15.6. The summed E-state index contributed by atoms with van der Waals surface area (Å²) in [6.45, 7) is 6.11. The number of nitrogens with zero attached hydrogens (tertiary/aromatic N) is 3. The second-order valence-corrected chi connectivity index (χ2v) is 6.86. The van der Waals surface area contributed by atoms with Gasteiger partial charge in [-0.3, -0.25) is 9.20 Å². The van der Waals surface area contributed by atoms with Crippen LogP contribution in [0.1, 0.15) is 20.8 Å². The van der Waals surface area contributed by atoms with E-state index < -0.39 is 0 Å². The van der Waals surface area contributed by atoms with Crippen LogP contribution in [0.15, 0.2) is 17.4 Å². The van der Waals surface area contributed by atoms with Gasteiger partial charge >= 0.3 is 0 Å². The molecule has 0 bridgehead atoms. The minimum atomic E-state index is -0.0360. The summed E-state index contributed by atoms with van der Waals surface area (Å²) < 4.78 is 1.69. The van der Waals surface area contributed by atoms with Gasteiger partial charge in [0.15, 0.2) is 10.8 Å². The Hall–Kier alpha value is -0.980. The summed E-state index contributed by atoms with van der Waals surface area (Å²) >= 11 is 13.3. The zero-order valence-electron chi connectivity index (χ0n) is 11.9. The highest BCUT2D eigenvalue weighted by Crippen LogP contribution is 2.25. The number of carbonyl (C=O) groups is 1. The van der Waals surface area contributed by atoms with Crippen LogP contribution in [0.2, 0.25) is 10.0 Å². The lowest BCUT2D eigenvalue weighted by Gasteiger charge is -2.16. The maximum Gasteiger partial charge on any atom is 0.230 e. The summed E-state index contributed by atoms with van der Waals surface area (Å²) in [4.78, 5) is 11.9. The van der Waals surface area contributed by atoms with Crippen LogP contribution in [0, 0.1) is 5.92 Å². The van der Waals surface area contributed by atoms with E-state index >= 15 is 0 Å². The van der Waals surface area contributed by atoms with Gasteiger partial charge in [0, 0.05) is 12.2 Å². The van der Waals surface area contributed by atoms with Gasteiger partial charge in [-0.1, -0.05) is 48.8 Å². The van der Waals surface area contributed by atoms with E-state index in [1.54, 1.807) is 16.7 Å². The number of nitrogens with one attached hydrogen (secondary N) is 1. The number of carbonyl (C=O) groups excluding carboxylic acids is 1. The molecule has 2 aromatic rings. The maximum absolute atomic E-state index is 11.9. The molecule has 21 heavy (non-hydrogen) atoms. The standard InChI is InChI=1S/C13H16Cl2N4OS/c1-7(2)8(3)16-11(20)6-21-13-18-17-12-10(15)4-9(14)5-19(12)13/h4-5,7-8H,6H2,1-3H3,(H,16,20). The van der Waals surface area contributed by atoms with Crippen molar-refractivity contribution in [3.8, 4) is 0 Å². The van der Waals surface area contributed by atoms with Crippen LogP contribution < -0.4 is 5.32 Å². The Kier molecular flexibility index (Phi) is 5.35. The van der Waals surface area contributed by atoms with Gasteiger partial charge in [0.2, 0.25) is 5.91 Å². The van der Waals surface area contributed by atoms with Crippen LogP contribution in [0.3, 0.4) is 0 Å². The second-order valence-electron chi connectivity index (χ2n) is 5.07. The van der Waals surface area contributed by atoms with E-state index in [0.717, 1.165) is 0 Å². The molecule has 1 amide bonds. The van der Waals surface area contributed by atoms with Crippen LogP contribution in [-0.2, 0) is 4.79 Å². The number of halogens is 2. The summed E-state index contributed by atoms with van der Waals surface area (Å²) in [5, 5.41) is 12.5. The fourth-order valence-corrected chi connectivity index (χ4v) is 2.82. The number of hydrogen-bond acceptors (Lipinski definition) is 4. The van der Waals surface area contributed by atoms with Crippen molar-refractivity contribution in [2.24, 2.45) is 5.92 Å². The molecule has 0 aliphatic heterocycles. The number of aromatic nitrogens is 3. The van der Waals surface area contributed by atoms with Crippen LogP contribution >= 0.6 is 35.0 Å². The van der Waals surface area contributed by atoms with Gasteiger partial charge in [0.25, 0.3) is 0 Å². The van der Waals surface area contributed by atoms with Gasteiger partial charge in [-0.15, -0.1) is 10.2 Å². The van der Waals surface area contributed by atoms with Crippen molar-refractivity contribution in [3.05, 3.63) is 22.3 Å². The molecule has 2 rings (SSSR count). The van der Waals surface area contributed by atoms with E-state index in [9.17, 15) is 4.79 Å². The molecule has 0 aromatic carbocycles. The third-order valence-electron chi connectivity index (χ3n) is 3.12. The highest BCUT2D eigenvalue weighted by molar-refractivity contribution is 7.99. The van der Waals surface area contributed by atoms with E-state index in [1.165, 1.54) is 11.8 Å². The Balaban J connectivity index is 2.06. The molecular formula is C13H16Cl2N4OS. The summed E-state index contributed by atoms with van der Waals surface area (Å²) in [6, 6.07) is 1.75. The lowest BCUT2D eigenvalue weighted by Crippen LogP contribution is -2.37. The third-order valence-corrected chi connectivity index (χ3v) is 4.54. The highest BCUT2D eigenvalue weighted by atomic mass is 35.5. The fraction of sp³-hybridized carbons (Fsp3) is 0.462. The molecular weight excluding hydrogens is 331 g/mol. The van der Waals surface area contributed by atoms with Crippen LogP contribution in [0.5, 0.6) is 0 Å². The average Bonchev–Trinajstić information content (AvgIpc) is 2.79. The molecule has 0 saturated heterocycles. The average molecular weight is 347 g/mol. The fourth-order valence-electron chi connectivity index (χ4n) is 1.59. The molecule has 8 heteroatoms. The minimum Gasteiger partial charge on any atom is -0.353 e. The molecule has 0 radical (unpaired) electrons. The molecule has 0 saturated carbocycles. The van der Waals surface area contributed by atoms with E-state index in [0.29, 0.717) is 26.8 Å².